The molecule has 4 aliphatic rings. The summed E-state index contributed by atoms with van der Waals surface area (Å²) in [6.07, 6.45) is 7.55. The molecule has 2 aromatic heterocycles. The van der Waals surface area contributed by atoms with E-state index in [1.165, 1.54) is 0 Å². The standard InChI is InChI=1S/C26H23N3O6/c30-20-7-8-21(31)34-24-23(33-20)22(17-3-5-18(6-4-17)28-11-1-2-12-28)35-25(24)26(32)29-16-15-27-13-9-19(29)10-14-27/h1-8,11-12,19H,9-10,13-16H2/b8-7+. The summed E-state index contributed by atoms with van der Waals surface area (Å²) in [6, 6.07) is 11.3. The highest BCUT2D eigenvalue weighted by Crippen LogP contribution is 2.45. The molecule has 3 saturated heterocycles. The molecule has 35 heavy (non-hydrogen) atoms. The Morgan fingerprint density at radius 1 is 0.829 bits per heavy atom. The Hall–Kier alpha value is -4.11. The Balaban J connectivity index is 1.43. The van der Waals surface area contributed by atoms with Crippen molar-refractivity contribution in [2.75, 3.05) is 26.2 Å². The molecule has 3 fully saturated rings. The van der Waals surface area contributed by atoms with Crippen molar-refractivity contribution >= 4 is 17.8 Å². The molecule has 0 saturated carbocycles. The van der Waals surface area contributed by atoms with Gasteiger partial charge in [-0.15, -0.1) is 0 Å². The van der Waals surface area contributed by atoms with E-state index in [9.17, 15) is 14.4 Å². The quantitative estimate of drug-likeness (QED) is 0.540. The number of fused-ring (bicyclic) bond motifs is 5. The van der Waals surface area contributed by atoms with E-state index in [1.807, 2.05) is 41.2 Å². The normalized spacial score (nSPS) is 22.5. The molecule has 0 N–H and O–H groups in total. The van der Waals surface area contributed by atoms with Crippen LogP contribution in [0.25, 0.3) is 17.0 Å². The van der Waals surface area contributed by atoms with Gasteiger partial charge < -0.3 is 28.3 Å². The van der Waals surface area contributed by atoms with Crippen molar-refractivity contribution in [3.05, 3.63) is 66.7 Å². The highest BCUT2D eigenvalue weighted by molar-refractivity contribution is 6.02. The first-order valence-corrected chi connectivity index (χ1v) is 11.6. The Morgan fingerprint density at radius 3 is 2.17 bits per heavy atom. The van der Waals surface area contributed by atoms with Crippen LogP contribution in [0.1, 0.15) is 23.4 Å². The van der Waals surface area contributed by atoms with Crippen LogP contribution < -0.4 is 9.47 Å². The lowest BCUT2D eigenvalue weighted by atomic mass is 10.0. The molecular formula is C26H23N3O6. The molecule has 4 aliphatic heterocycles. The van der Waals surface area contributed by atoms with Crippen molar-refractivity contribution in [2.45, 2.75) is 18.9 Å². The van der Waals surface area contributed by atoms with E-state index in [0.29, 0.717) is 12.1 Å². The fraction of sp³-hybridized carbons (Fsp3) is 0.269. The summed E-state index contributed by atoms with van der Waals surface area (Å²) in [5.41, 5.74) is 1.50. The van der Waals surface area contributed by atoms with Gasteiger partial charge in [-0.2, -0.15) is 0 Å². The van der Waals surface area contributed by atoms with Crippen molar-refractivity contribution in [3.8, 4) is 28.5 Å². The van der Waals surface area contributed by atoms with E-state index in [4.69, 9.17) is 13.9 Å². The number of piperidine rings is 1. The number of carbonyl (C=O) groups excluding carboxylic acids is 3. The van der Waals surface area contributed by atoms with E-state index in [-0.39, 0.29) is 35.0 Å². The van der Waals surface area contributed by atoms with E-state index in [2.05, 4.69) is 4.90 Å². The molecule has 3 aromatic rings. The molecule has 0 radical (unpaired) electrons. The summed E-state index contributed by atoms with van der Waals surface area (Å²) in [7, 11) is 0. The lowest BCUT2D eigenvalue weighted by Crippen LogP contribution is -2.41. The minimum Gasteiger partial charge on any atom is -0.443 e. The van der Waals surface area contributed by atoms with Crippen LogP contribution in [0, 0.1) is 0 Å². The Labute approximate surface area is 201 Å². The lowest BCUT2D eigenvalue weighted by Gasteiger charge is -2.30. The second-order valence-corrected chi connectivity index (χ2v) is 8.80. The van der Waals surface area contributed by atoms with E-state index >= 15 is 0 Å². The van der Waals surface area contributed by atoms with Crippen LogP contribution in [-0.2, 0) is 9.59 Å². The van der Waals surface area contributed by atoms with Crippen LogP contribution in [0.4, 0.5) is 0 Å². The van der Waals surface area contributed by atoms with Gasteiger partial charge >= 0.3 is 11.9 Å². The molecular weight excluding hydrogens is 450 g/mol. The zero-order valence-corrected chi connectivity index (χ0v) is 18.9. The monoisotopic (exact) mass is 473 g/mol. The molecule has 1 aromatic carbocycles. The molecule has 0 atom stereocenters. The molecule has 0 spiro atoms. The predicted molar refractivity (Wildman–Crippen MR) is 124 cm³/mol. The molecule has 178 valence electrons. The first-order chi connectivity index (χ1) is 17.1. The molecule has 0 aliphatic carbocycles. The fourth-order valence-corrected chi connectivity index (χ4v) is 4.90. The first-order valence-electron chi connectivity index (χ1n) is 11.6. The molecule has 7 rings (SSSR count). The first kappa shape index (κ1) is 21.4. The topological polar surface area (TPSA) is 94.2 Å². The largest absolute Gasteiger partial charge is 0.443 e. The zero-order valence-electron chi connectivity index (χ0n) is 18.9. The van der Waals surface area contributed by atoms with Crippen molar-refractivity contribution in [1.29, 1.82) is 0 Å². The maximum Gasteiger partial charge on any atom is 0.336 e. The van der Waals surface area contributed by atoms with Crippen LogP contribution in [0.15, 0.2) is 65.4 Å². The second-order valence-electron chi connectivity index (χ2n) is 8.80. The number of hydrogen-bond acceptors (Lipinski definition) is 7. The van der Waals surface area contributed by atoms with Crippen LogP contribution in [-0.4, -0.2) is 64.4 Å². The van der Waals surface area contributed by atoms with E-state index in [1.54, 1.807) is 17.0 Å². The van der Waals surface area contributed by atoms with Gasteiger partial charge in [0.1, 0.15) is 0 Å². The Kier molecular flexibility index (Phi) is 5.26. The summed E-state index contributed by atoms with van der Waals surface area (Å²) >= 11 is 0. The number of hydrogen-bond donors (Lipinski definition) is 0. The third kappa shape index (κ3) is 3.93. The SMILES string of the molecule is O=C1/C=C/C(=O)Oc2c(-c3ccc(-n4cccc4)cc3)oc(C(=O)N3CCN4CCC3CC4)c2O1. The molecule has 2 bridgehead atoms. The van der Waals surface area contributed by atoms with Gasteiger partial charge in [-0.05, 0) is 49.2 Å². The third-order valence-corrected chi connectivity index (χ3v) is 6.73. The van der Waals surface area contributed by atoms with Gasteiger partial charge in [0.05, 0.1) is 0 Å². The van der Waals surface area contributed by atoms with Gasteiger partial charge in [0, 0.05) is 68.0 Å². The predicted octanol–water partition coefficient (Wildman–Crippen LogP) is 3.04. The van der Waals surface area contributed by atoms with Gasteiger partial charge in [0.15, 0.2) is 5.76 Å². The zero-order chi connectivity index (χ0) is 23.9. The summed E-state index contributed by atoms with van der Waals surface area (Å²) in [4.78, 5) is 42.4. The van der Waals surface area contributed by atoms with Gasteiger partial charge in [-0.3, -0.25) is 4.79 Å². The third-order valence-electron chi connectivity index (χ3n) is 6.73. The number of carbonyl (C=O) groups is 3. The summed E-state index contributed by atoms with van der Waals surface area (Å²) in [5, 5.41) is 0. The van der Waals surface area contributed by atoms with Crippen molar-refractivity contribution < 1.29 is 28.3 Å². The average molecular weight is 473 g/mol. The summed E-state index contributed by atoms with van der Waals surface area (Å²) in [6.45, 7) is 3.21. The number of nitrogens with zero attached hydrogens (tertiary/aromatic N) is 3. The van der Waals surface area contributed by atoms with Gasteiger partial charge in [-0.25, -0.2) is 9.59 Å². The fourth-order valence-electron chi connectivity index (χ4n) is 4.90. The van der Waals surface area contributed by atoms with Gasteiger partial charge in [0.25, 0.3) is 5.91 Å². The number of furan rings is 1. The Morgan fingerprint density at radius 2 is 1.49 bits per heavy atom. The number of aromatic nitrogens is 1. The van der Waals surface area contributed by atoms with Gasteiger partial charge in [-0.1, -0.05) is 0 Å². The summed E-state index contributed by atoms with van der Waals surface area (Å²) < 4.78 is 19.0. The summed E-state index contributed by atoms with van der Waals surface area (Å²) in [5.74, 6) is -2.14. The average Bonchev–Trinajstić information content (AvgIpc) is 3.41. The highest BCUT2D eigenvalue weighted by Gasteiger charge is 2.38. The Bertz CT molecular complexity index is 1310. The van der Waals surface area contributed by atoms with Crippen molar-refractivity contribution in [2.24, 2.45) is 0 Å². The van der Waals surface area contributed by atoms with Gasteiger partial charge in [0.2, 0.25) is 17.3 Å². The number of benzene rings is 1. The van der Waals surface area contributed by atoms with Crippen LogP contribution in [0.2, 0.25) is 0 Å². The molecule has 0 unspecified atom stereocenters. The molecule has 6 heterocycles. The minimum absolute atomic E-state index is 0.0763. The molecule has 9 nitrogen and oxygen atoms in total. The number of esters is 2. The molecule has 9 heteroatoms. The smallest absolute Gasteiger partial charge is 0.336 e. The number of amides is 1. The van der Waals surface area contributed by atoms with Crippen LogP contribution >= 0.6 is 0 Å². The maximum atomic E-state index is 13.7. The maximum absolute atomic E-state index is 13.7. The molecule has 1 amide bonds. The number of rotatable bonds is 3. The lowest BCUT2D eigenvalue weighted by molar-refractivity contribution is -0.133. The van der Waals surface area contributed by atoms with E-state index in [0.717, 1.165) is 50.3 Å². The van der Waals surface area contributed by atoms with Crippen LogP contribution in [0.3, 0.4) is 0 Å². The number of ether oxygens (including phenoxy) is 2. The van der Waals surface area contributed by atoms with Crippen molar-refractivity contribution in [3.63, 3.8) is 0 Å². The van der Waals surface area contributed by atoms with Crippen molar-refractivity contribution in [1.82, 2.24) is 14.4 Å². The van der Waals surface area contributed by atoms with Crippen LogP contribution in [0.5, 0.6) is 11.5 Å². The second kappa shape index (κ2) is 8.59. The minimum atomic E-state index is -0.782. The van der Waals surface area contributed by atoms with E-state index < -0.39 is 11.9 Å². The highest BCUT2D eigenvalue weighted by atomic mass is 16.6.